The van der Waals surface area contributed by atoms with Gasteiger partial charge in [-0.25, -0.2) is 4.79 Å². The molecule has 4 amide bonds. The van der Waals surface area contributed by atoms with Crippen LogP contribution in [0.4, 0.5) is 4.79 Å². The smallest absolute Gasteiger partial charge is 0.408 e. The summed E-state index contributed by atoms with van der Waals surface area (Å²) in [4.78, 5) is 61.5. The highest BCUT2D eigenvalue weighted by atomic mass is 16.6. The number of pyridine rings is 1. The summed E-state index contributed by atoms with van der Waals surface area (Å²) in [5.74, 6) is -0.438. The van der Waals surface area contributed by atoms with E-state index in [1.807, 2.05) is 52.1 Å². The van der Waals surface area contributed by atoms with Gasteiger partial charge in [0.05, 0.1) is 18.7 Å². The van der Waals surface area contributed by atoms with Crippen molar-refractivity contribution >= 4 is 34.7 Å². The van der Waals surface area contributed by atoms with E-state index < -0.39 is 46.5 Å². The second-order valence-electron chi connectivity index (χ2n) is 17.1. The predicted octanol–water partition coefficient (Wildman–Crippen LogP) is 4.51. The quantitative estimate of drug-likeness (QED) is 0.156. The minimum Gasteiger partial charge on any atom is -0.491 e. The maximum absolute atomic E-state index is 14.0. The molecule has 0 bridgehead atoms. The van der Waals surface area contributed by atoms with E-state index in [4.69, 9.17) is 24.9 Å². The van der Waals surface area contributed by atoms with Crippen LogP contribution in [0.25, 0.3) is 10.9 Å². The molecule has 2 aromatic rings. The van der Waals surface area contributed by atoms with Crippen molar-refractivity contribution in [2.75, 3.05) is 46.0 Å². The normalized spacial score (nSPS) is 26.9. The molecule has 3 heterocycles. The van der Waals surface area contributed by atoms with E-state index in [0.29, 0.717) is 32.4 Å². The summed E-state index contributed by atoms with van der Waals surface area (Å²) in [5.41, 5.74) is 5.28. The fourth-order valence-corrected chi connectivity index (χ4v) is 8.29. The van der Waals surface area contributed by atoms with Gasteiger partial charge in [-0.1, -0.05) is 51.8 Å². The number of unbranched alkanes of at least 4 members (excludes halogenated alkanes) is 2. The zero-order valence-electron chi connectivity index (χ0n) is 33.1. The first-order chi connectivity index (χ1) is 26.3. The second-order valence-corrected chi connectivity index (χ2v) is 17.1. The van der Waals surface area contributed by atoms with Crippen LogP contribution in [0.15, 0.2) is 43.1 Å². The van der Waals surface area contributed by atoms with Gasteiger partial charge in [-0.05, 0) is 69.4 Å². The van der Waals surface area contributed by atoms with Crippen LogP contribution in [-0.4, -0.2) is 108 Å². The third-order valence-corrected chi connectivity index (χ3v) is 12.0. The van der Waals surface area contributed by atoms with Crippen LogP contribution >= 0.6 is 0 Å². The van der Waals surface area contributed by atoms with Crippen LogP contribution in [0, 0.1) is 17.3 Å². The molecule has 0 radical (unpaired) electrons. The zero-order chi connectivity index (χ0) is 39.4. The minimum absolute atomic E-state index is 0.233. The molecule has 0 unspecified atom stereocenters. The third kappa shape index (κ3) is 9.43. The van der Waals surface area contributed by atoms with Gasteiger partial charge in [0, 0.05) is 55.2 Å². The number of hydrogen-bond acceptors (Lipinski definition) is 9. The minimum atomic E-state index is -1.16. The lowest BCUT2D eigenvalue weighted by molar-refractivity contribution is -0.142. The number of morpholine rings is 1. The molecule has 4 aliphatic rings. The molecular weight excluding hydrogens is 700 g/mol. The second kappa shape index (κ2) is 16.9. The summed E-state index contributed by atoms with van der Waals surface area (Å²) >= 11 is 0. The van der Waals surface area contributed by atoms with Gasteiger partial charge in [-0.2, -0.15) is 0 Å². The summed E-state index contributed by atoms with van der Waals surface area (Å²) in [6, 6.07) is 6.44. The van der Waals surface area contributed by atoms with E-state index in [-0.39, 0.29) is 17.7 Å². The summed E-state index contributed by atoms with van der Waals surface area (Å²) < 4.78 is 17.9. The molecule has 2 aliphatic heterocycles. The van der Waals surface area contributed by atoms with E-state index >= 15 is 0 Å². The first-order valence-electron chi connectivity index (χ1n) is 20.1. The van der Waals surface area contributed by atoms with Crippen LogP contribution in [0.3, 0.4) is 0 Å². The number of rotatable bonds is 17. The maximum atomic E-state index is 14.0. The third-order valence-electron chi connectivity index (χ3n) is 12.0. The Morgan fingerprint density at radius 1 is 1.11 bits per heavy atom. The number of hydrogen-bond donors (Lipinski definition) is 3. The number of carbonyl (C=O) groups excluding carboxylic acids is 4. The highest BCUT2D eigenvalue weighted by Gasteiger charge is 2.59. The van der Waals surface area contributed by atoms with Gasteiger partial charge in [-0.3, -0.25) is 24.3 Å². The molecule has 1 aromatic heterocycles. The Morgan fingerprint density at radius 3 is 2.58 bits per heavy atom. The molecule has 2 saturated carbocycles. The summed E-state index contributed by atoms with van der Waals surface area (Å²) in [6.45, 7) is 16.6. The summed E-state index contributed by atoms with van der Waals surface area (Å²) in [5, 5.41) is 6.71. The molecule has 2 saturated heterocycles. The van der Waals surface area contributed by atoms with Crippen molar-refractivity contribution in [3.63, 3.8) is 0 Å². The molecular formula is C42H60N6O7. The molecule has 6 rings (SSSR count). The van der Waals surface area contributed by atoms with E-state index in [9.17, 15) is 19.2 Å². The van der Waals surface area contributed by atoms with Gasteiger partial charge in [-0.15, -0.1) is 6.58 Å². The average Bonchev–Trinajstić information content (AvgIpc) is 3.95. The summed E-state index contributed by atoms with van der Waals surface area (Å²) in [6.07, 6.45) is 10.0. The van der Waals surface area contributed by atoms with Crippen molar-refractivity contribution in [1.29, 1.82) is 0 Å². The number of nitrogens with two attached hydrogens (primary N) is 1. The topological polar surface area (TPSA) is 165 Å². The number of aryl methyl sites for hydroxylation is 1. The Hall–Kier alpha value is -4.23. The number of benzene rings is 1. The lowest BCUT2D eigenvalue weighted by Crippen LogP contribution is -2.59. The first-order valence-corrected chi connectivity index (χ1v) is 20.1. The van der Waals surface area contributed by atoms with Crippen molar-refractivity contribution in [3.05, 3.63) is 48.7 Å². The Labute approximate surface area is 325 Å². The zero-order valence-corrected chi connectivity index (χ0v) is 33.1. The van der Waals surface area contributed by atoms with Gasteiger partial charge in [0.15, 0.2) is 0 Å². The number of para-hydroxylation sites is 1. The number of primary amides is 1. The molecule has 4 fully saturated rings. The molecule has 55 heavy (non-hydrogen) atoms. The molecule has 6 atom stereocenters. The van der Waals surface area contributed by atoms with Crippen molar-refractivity contribution in [2.24, 2.45) is 23.0 Å². The van der Waals surface area contributed by atoms with Crippen LogP contribution in [0.1, 0.15) is 84.6 Å². The number of aromatic nitrogens is 1. The molecule has 0 spiro atoms. The van der Waals surface area contributed by atoms with Crippen molar-refractivity contribution in [2.45, 2.75) is 109 Å². The van der Waals surface area contributed by atoms with E-state index in [0.717, 1.165) is 93.6 Å². The van der Waals surface area contributed by atoms with Crippen LogP contribution < -0.4 is 21.1 Å². The Bertz CT molecular complexity index is 1740. The SMILES string of the molecule is C=C[C@@H]1C[C@]1(NC(=O)[C@@H]1CCCN1C(=O)[C@@H](NC(=O)O[C@]1(C)C[C@H]1CCCCCc1cnc2ccccc2c1OCCN1CCOCC1)C(C)(C)C)C(N)=O. The molecule has 13 heteroatoms. The fraction of sp³-hybridized carbons (Fsp3) is 0.643. The average molecular weight is 761 g/mol. The van der Waals surface area contributed by atoms with Crippen LogP contribution in [0.2, 0.25) is 0 Å². The van der Waals surface area contributed by atoms with Crippen molar-refractivity contribution in [1.82, 2.24) is 25.4 Å². The largest absolute Gasteiger partial charge is 0.491 e. The van der Waals surface area contributed by atoms with Crippen LogP contribution in [0.5, 0.6) is 5.75 Å². The predicted molar refractivity (Wildman–Crippen MR) is 209 cm³/mol. The molecule has 2 aliphatic carbocycles. The molecule has 300 valence electrons. The highest BCUT2D eigenvalue weighted by Crippen LogP contribution is 2.50. The molecule has 1 aromatic carbocycles. The Kier molecular flexibility index (Phi) is 12.4. The lowest BCUT2D eigenvalue weighted by atomic mass is 9.85. The summed E-state index contributed by atoms with van der Waals surface area (Å²) in [7, 11) is 0. The number of amides is 4. The van der Waals surface area contributed by atoms with E-state index in [1.54, 1.807) is 6.08 Å². The van der Waals surface area contributed by atoms with Gasteiger partial charge >= 0.3 is 6.09 Å². The standard InChI is InChI=1S/C42H60N6O7/c1-6-29-26-42(29,38(43)51)46-36(49)33-17-12-18-48(33)37(50)35(40(2,3)4)45-39(52)55-41(5)25-30(41)14-9-7-8-13-28-27-44-32-16-11-10-15-31(32)34(28)54-24-21-47-19-22-53-23-20-47/h6,10-11,15-16,27,29-30,33,35H,1,7-9,12-14,17-26H2,2-5H3,(H2,43,51)(H,45,52)(H,46,49)/t29-,30-,33+,35-,41-,42-/m1/s1. The first kappa shape index (κ1) is 40.4. The molecule has 4 N–H and O–H groups in total. The van der Waals surface area contributed by atoms with E-state index in [1.165, 1.54) is 4.90 Å². The number of alkyl carbamates (subject to hydrolysis) is 1. The number of likely N-dealkylation sites (tertiary alicyclic amines) is 1. The van der Waals surface area contributed by atoms with Gasteiger partial charge < -0.3 is 35.5 Å². The number of nitrogens with zero attached hydrogens (tertiary/aromatic N) is 3. The number of carbonyl (C=O) groups is 4. The van der Waals surface area contributed by atoms with Gasteiger partial charge in [0.1, 0.15) is 35.6 Å². The number of nitrogens with one attached hydrogen (secondary N) is 2. The Balaban J connectivity index is 0.965. The fourth-order valence-electron chi connectivity index (χ4n) is 8.29. The maximum Gasteiger partial charge on any atom is 0.408 e. The van der Waals surface area contributed by atoms with Crippen molar-refractivity contribution in [3.8, 4) is 5.75 Å². The monoisotopic (exact) mass is 760 g/mol. The number of ether oxygens (including phenoxy) is 3. The molecule has 13 nitrogen and oxygen atoms in total. The van der Waals surface area contributed by atoms with Gasteiger partial charge in [0.2, 0.25) is 17.7 Å². The van der Waals surface area contributed by atoms with E-state index in [2.05, 4.69) is 28.2 Å². The lowest BCUT2D eigenvalue weighted by Gasteiger charge is -2.35. The Morgan fingerprint density at radius 2 is 1.87 bits per heavy atom. The number of fused-ring (bicyclic) bond motifs is 1. The van der Waals surface area contributed by atoms with Crippen molar-refractivity contribution < 1.29 is 33.4 Å². The van der Waals surface area contributed by atoms with Gasteiger partial charge in [0.25, 0.3) is 0 Å². The van der Waals surface area contributed by atoms with Crippen LogP contribution in [-0.2, 0) is 30.3 Å². The highest BCUT2D eigenvalue weighted by molar-refractivity contribution is 5.97.